The minimum Gasteiger partial charge on any atom is -0.504 e. The predicted molar refractivity (Wildman–Crippen MR) is 98.1 cm³/mol. The largest absolute Gasteiger partial charge is 0.504 e. The molecule has 6 heteroatoms. The second-order valence-electron chi connectivity index (χ2n) is 6.37. The second-order valence-corrected chi connectivity index (χ2v) is 6.37. The molecule has 0 aliphatic heterocycles. The normalized spacial score (nSPS) is 13.7. The van der Waals surface area contributed by atoms with Gasteiger partial charge in [0.15, 0.2) is 18.1 Å². The van der Waals surface area contributed by atoms with Crippen LogP contribution in [0.1, 0.15) is 44.1 Å². The van der Waals surface area contributed by atoms with Crippen LogP contribution >= 0.6 is 0 Å². The Morgan fingerprint density at radius 3 is 2.77 bits per heavy atom. The fourth-order valence-electron chi connectivity index (χ4n) is 2.90. The van der Waals surface area contributed by atoms with Crippen LogP contribution in [0.15, 0.2) is 29.8 Å². The first-order chi connectivity index (χ1) is 12.6. The maximum Gasteiger partial charge on any atom is 0.306 e. The van der Waals surface area contributed by atoms with Crippen LogP contribution in [0, 0.1) is 0 Å². The molecule has 6 nitrogen and oxygen atoms in total. The van der Waals surface area contributed by atoms with Gasteiger partial charge in [0.1, 0.15) is 0 Å². The van der Waals surface area contributed by atoms with E-state index in [1.165, 1.54) is 25.5 Å². The quantitative estimate of drug-likeness (QED) is 0.522. The number of rotatable bonds is 9. The van der Waals surface area contributed by atoms with Crippen LogP contribution in [0.4, 0.5) is 0 Å². The zero-order valence-electron chi connectivity index (χ0n) is 15.3. The number of hydrogen-bond acceptors (Lipinski definition) is 5. The maximum atomic E-state index is 11.8. The molecular weight excluding hydrogens is 334 g/mol. The van der Waals surface area contributed by atoms with Crippen molar-refractivity contribution in [2.75, 3.05) is 20.3 Å². The van der Waals surface area contributed by atoms with E-state index >= 15 is 0 Å². The lowest BCUT2D eigenvalue weighted by Gasteiger charge is -2.13. The van der Waals surface area contributed by atoms with E-state index < -0.39 is 5.97 Å². The highest BCUT2D eigenvalue weighted by Gasteiger charge is 2.10. The summed E-state index contributed by atoms with van der Waals surface area (Å²) in [4.78, 5) is 23.5. The molecular formula is C20H27NO5. The number of aryl methyl sites for hydroxylation is 1. The monoisotopic (exact) mass is 361 g/mol. The highest BCUT2D eigenvalue weighted by atomic mass is 16.5. The topological polar surface area (TPSA) is 84.9 Å². The lowest BCUT2D eigenvalue weighted by atomic mass is 9.97. The molecule has 0 heterocycles. The smallest absolute Gasteiger partial charge is 0.306 e. The van der Waals surface area contributed by atoms with Gasteiger partial charge in [-0.15, -0.1) is 0 Å². The number of nitrogens with one attached hydrogen (secondary N) is 1. The van der Waals surface area contributed by atoms with E-state index in [0.29, 0.717) is 18.7 Å². The number of carbonyl (C=O) groups excluding carboxylic acids is 2. The van der Waals surface area contributed by atoms with Crippen molar-refractivity contribution in [3.8, 4) is 11.5 Å². The summed E-state index contributed by atoms with van der Waals surface area (Å²) in [6.45, 7) is 0.319. The van der Waals surface area contributed by atoms with Crippen LogP contribution in [0.3, 0.4) is 0 Å². The van der Waals surface area contributed by atoms with Crippen LogP contribution < -0.4 is 10.1 Å². The van der Waals surface area contributed by atoms with E-state index in [-0.39, 0.29) is 24.7 Å². The van der Waals surface area contributed by atoms with Crippen molar-refractivity contribution in [3.63, 3.8) is 0 Å². The Kier molecular flexibility index (Phi) is 7.99. The Hall–Kier alpha value is -2.50. The Balaban J connectivity index is 1.61. The SMILES string of the molecule is COc1ccc(CCC(=O)OCC(=O)NCCC2=CCCCC2)cc1O. The van der Waals surface area contributed by atoms with Gasteiger partial charge in [0.25, 0.3) is 5.91 Å². The molecule has 0 bridgehead atoms. The van der Waals surface area contributed by atoms with Crippen molar-refractivity contribution in [1.82, 2.24) is 5.32 Å². The van der Waals surface area contributed by atoms with Crippen LogP contribution in [0.25, 0.3) is 0 Å². The molecule has 0 fully saturated rings. The molecule has 0 unspecified atom stereocenters. The van der Waals surface area contributed by atoms with E-state index in [0.717, 1.165) is 24.8 Å². The molecule has 1 aliphatic carbocycles. The number of phenolic OH excluding ortho intramolecular Hbond substituents is 1. The zero-order chi connectivity index (χ0) is 18.8. The fraction of sp³-hybridized carbons (Fsp3) is 0.500. The third-order valence-corrected chi connectivity index (χ3v) is 4.38. The first-order valence-electron chi connectivity index (χ1n) is 9.04. The number of esters is 1. The predicted octanol–water partition coefficient (Wildman–Crippen LogP) is 2.88. The molecule has 1 amide bonds. The maximum absolute atomic E-state index is 11.8. The van der Waals surface area contributed by atoms with Crippen molar-refractivity contribution in [2.45, 2.75) is 44.9 Å². The van der Waals surface area contributed by atoms with Crippen molar-refractivity contribution < 1.29 is 24.2 Å². The van der Waals surface area contributed by atoms with E-state index in [4.69, 9.17) is 9.47 Å². The molecule has 26 heavy (non-hydrogen) atoms. The minimum atomic E-state index is -0.439. The molecule has 142 valence electrons. The van der Waals surface area contributed by atoms with E-state index in [2.05, 4.69) is 11.4 Å². The first-order valence-corrected chi connectivity index (χ1v) is 9.04. The average Bonchev–Trinajstić information content (AvgIpc) is 2.65. The molecule has 0 saturated carbocycles. The standard InChI is InChI=1S/C20H27NO5/c1-25-18-9-7-16(13-17(18)22)8-10-20(24)26-14-19(23)21-12-11-15-5-3-2-4-6-15/h5,7,9,13,22H,2-4,6,8,10-12,14H2,1H3,(H,21,23). The third kappa shape index (κ3) is 6.78. The molecule has 0 saturated heterocycles. The summed E-state index contributed by atoms with van der Waals surface area (Å²) >= 11 is 0. The zero-order valence-corrected chi connectivity index (χ0v) is 15.3. The molecule has 0 atom stereocenters. The highest BCUT2D eigenvalue weighted by Crippen LogP contribution is 2.26. The van der Waals surface area contributed by atoms with Gasteiger partial charge in [0.05, 0.1) is 7.11 Å². The third-order valence-electron chi connectivity index (χ3n) is 4.38. The van der Waals surface area contributed by atoms with Gasteiger partial charge in [-0.2, -0.15) is 0 Å². The number of hydrogen-bond donors (Lipinski definition) is 2. The number of amides is 1. The first kappa shape index (κ1) is 19.8. The van der Waals surface area contributed by atoms with E-state index in [9.17, 15) is 14.7 Å². The molecule has 0 spiro atoms. The minimum absolute atomic E-state index is 0.0332. The number of phenols is 1. The molecule has 2 rings (SSSR count). The number of aromatic hydroxyl groups is 1. The summed E-state index contributed by atoms with van der Waals surface area (Å²) in [6.07, 6.45) is 8.41. The van der Waals surface area contributed by atoms with Gasteiger partial charge >= 0.3 is 5.97 Å². The van der Waals surface area contributed by atoms with Crippen molar-refractivity contribution >= 4 is 11.9 Å². The van der Waals surface area contributed by atoms with Gasteiger partial charge in [-0.1, -0.05) is 17.7 Å². The van der Waals surface area contributed by atoms with Crippen molar-refractivity contribution in [3.05, 3.63) is 35.4 Å². The van der Waals surface area contributed by atoms with Gasteiger partial charge in [0, 0.05) is 13.0 Å². The van der Waals surface area contributed by atoms with Crippen LogP contribution in [-0.2, 0) is 20.7 Å². The number of carbonyl (C=O) groups is 2. The van der Waals surface area contributed by atoms with Crippen LogP contribution in [-0.4, -0.2) is 37.2 Å². The van der Waals surface area contributed by atoms with Gasteiger partial charge in [-0.3, -0.25) is 9.59 Å². The van der Waals surface area contributed by atoms with Gasteiger partial charge in [-0.05, 0) is 56.2 Å². The number of methoxy groups -OCH3 is 1. The summed E-state index contributed by atoms with van der Waals surface area (Å²) in [5.41, 5.74) is 2.20. The summed E-state index contributed by atoms with van der Waals surface area (Å²) in [6, 6.07) is 4.97. The number of benzene rings is 1. The van der Waals surface area contributed by atoms with Gasteiger partial charge in [0.2, 0.25) is 0 Å². The summed E-state index contributed by atoms with van der Waals surface area (Å²) < 4.78 is 9.96. The van der Waals surface area contributed by atoms with E-state index in [1.54, 1.807) is 18.2 Å². The van der Waals surface area contributed by atoms with Crippen LogP contribution in [0.5, 0.6) is 11.5 Å². The Morgan fingerprint density at radius 1 is 1.23 bits per heavy atom. The Morgan fingerprint density at radius 2 is 2.08 bits per heavy atom. The second kappa shape index (κ2) is 10.5. The molecule has 2 N–H and O–H groups in total. The Labute approximate surface area is 154 Å². The molecule has 0 aromatic heterocycles. The lowest BCUT2D eigenvalue weighted by Crippen LogP contribution is -2.29. The lowest BCUT2D eigenvalue weighted by molar-refractivity contribution is -0.148. The Bertz CT molecular complexity index is 654. The van der Waals surface area contributed by atoms with Gasteiger partial charge < -0.3 is 19.9 Å². The molecule has 1 aliphatic rings. The molecule has 1 aromatic rings. The summed E-state index contributed by atoms with van der Waals surface area (Å²) in [5.74, 6) is -0.301. The molecule has 1 aromatic carbocycles. The average molecular weight is 361 g/mol. The van der Waals surface area contributed by atoms with Crippen molar-refractivity contribution in [1.29, 1.82) is 0 Å². The summed E-state index contributed by atoms with van der Waals surface area (Å²) in [5, 5.41) is 12.5. The van der Waals surface area contributed by atoms with E-state index in [1.807, 2.05) is 0 Å². The summed E-state index contributed by atoms with van der Waals surface area (Å²) in [7, 11) is 1.48. The van der Waals surface area contributed by atoms with Crippen LogP contribution in [0.2, 0.25) is 0 Å². The number of ether oxygens (including phenoxy) is 2. The number of allylic oxidation sites excluding steroid dienone is 1. The fourth-order valence-corrected chi connectivity index (χ4v) is 2.90. The van der Waals surface area contributed by atoms with Gasteiger partial charge in [-0.25, -0.2) is 0 Å². The van der Waals surface area contributed by atoms with Crippen molar-refractivity contribution in [2.24, 2.45) is 0 Å². The molecule has 0 radical (unpaired) electrons. The highest BCUT2D eigenvalue weighted by molar-refractivity contribution is 5.80.